The lowest BCUT2D eigenvalue weighted by Gasteiger charge is -2.05. The van der Waals surface area contributed by atoms with Gasteiger partial charge in [0, 0.05) is 6.54 Å². The molecule has 2 aromatic heterocycles. The average Bonchev–Trinajstić information content (AvgIpc) is 2.87. The Morgan fingerprint density at radius 3 is 2.55 bits per heavy atom. The van der Waals surface area contributed by atoms with Gasteiger partial charge in [-0.15, -0.1) is 0 Å². The van der Waals surface area contributed by atoms with Crippen molar-refractivity contribution in [1.82, 2.24) is 14.0 Å². The third kappa shape index (κ3) is 1.77. The van der Waals surface area contributed by atoms with Crippen molar-refractivity contribution in [1.29, 1.82) is 0 Å². The fraction of sp³-hybridized carbons (Fsp3) is 0.222. The fourth-order valence-electron chi connectivity index (χ4n) is 3.05. The van der Waals surface area contributed by atoms with Gasteiger partial charge in [0.1, 0.15) is 0 Å². The highest BCUT2D eigenvalue weighted by atomic mass is 16.1. The molecule has 0 saturated carbocycles. The Morgan fingerprint density at radius 1 is 1.00 bits per heavy atom. The lowest BCUT2D eigenvalue weighted by molar-refractivity contribution is 0.656. The summed E-state index contributed by atoms with van der Waals surface area (Å²) >= 11 is 0. The quantitative estimate of drug-likeness (QED) is 0.578. The van der Waals surface area contributed by atoms with Crippen LogP contribution in [0.2, 0.25) is 0 Å². The molecule has 0 aliphatic rings. The van der Waals surface area contributed by atoms with Gasteiger partial charge in [0.2, 0.25) is 5.78 Å². The van der Waals surface area contributed by atoms with Crippen LogP contribution in [0.25, 0.3) is 27.7 Å². The van der Waals surface area contributed by atoms with Gasteiger partial charge in [-0.3, -0.25) is 4.79 Å². The van der Waals surface area contributed by atoms with Crippen molar-refractivity contribution < 1.29 is 0 Å². The highest BCUT2D eigenvalue weighted by Crippen LogP contribution is 2.20. The van der Waals surface area contributed by atoms with Gasteiger partial charge in [0.25, 0.3) is 5.56 Å². The number of rotatable bonds is 3. The number of para-hydroxylation sites is 3. The zero-order valence-corrected chi connectivity index (χ0v) is 12.5. The number of aryl methyl sites for hydroxylation is 1. The van der Waals surface area contributed by atoms with Crippen LogP contribution in [0.3, 0.4) is 0 Å². The number of benzene rings is 2. The predicted octanol–water partition coefficient (Wildman–Crippen LogP) is 3.60. The molecule has 0 saturated heterocycles. The van der Waals surface area contributed by atoms with Crippen LogP contribution in [0.5, 0.6) is 0 Å². The molecule has 0 aliphatic heterocycles. The van der Waals surface area contributed by atoms with E-state index in [1.54, 1.807) is 4.40 Å². The summed E-state index contributed by atoms with van der Waals surface area (Å²) in [4.78, 5) is 17.7. The molecule has 2 heterocycles. The van der Waals surface area contributed by atoms with E-state index in [9.17, 15) is 4.79 Å². The van der Waals surface area contributed by atoms with Crippen molar-refractivity contribution in [3.63, 3.8) is 0 Å². The van der Waals surface area contributed by atoms with Crippen LogP contribution >= 0.6 is 0 Å². The molecule has 4 nitrogen and oxygen atoms in total. The molecule has 4 rings (SSSR count). The van der Waals surface area contributed by atoms with Crippen LogP contribution in [0.1, 0.15) is 19.8 Å². The van der Waals surface area contributed by atoms with E-state index in [1.165, 1.54) is 0 Å². The Labute approximate surface area is 127 Å². The minimum atomic E-state index is 0.00653. The number of fused-ring (bicyclic) bond motifs is 4. The van der Waals surface area contributed by atoms with Gasteiger partial charge in [-0.1, -0.05) is 37.6 Å². The van der Waals surface area contributed by atoms with E-state index in [-0.39, 0.29) is 5.56 Å². The number of hydrogen-bond acceptors (Lipinski definition) is 2. The molecule has 0 unspecified atom stereocenters. The normalized spacial score (nSPS) is 11.7. The summed E-state index contributed by atoms with van der Waals surface area (Å²) in [7, 11) is 0. The Balaban J connectivity index is 2.22. The summed E-state index contributed by atoms with van der Waals surface area (Å²) in [5.74, 6) is 0.735. The molecule has 0 atom stereocenters. The molecule has 0 spiro atoms. The van der Waals surface area contributed by atoms with Crippen LogP contribution in [-0.4, -0.2) is 14.0 Å². The number of nitrogens with zero attached hydrogens (tertiary/aromatic N) is 3. The number of aromatic nitrogens is 3. The third-order valence-corrected chi connectivity index (χ3v) is 4.15. The molecule has 4 heteroatoms. The maximum absolute atomic E-state index is 12.9. The lowest BCUT2D eigenvalue weighted by Crippen LogP contribution is -2.15. The van der Waals surface area contributed by atoms with Gasteiger partial charge in [-0.25, -0.2) is 9.38 Å². The molecule has 0 aliphatic carbocycles. The Morgan fingerprint density at radius 2 is 1.73 bits per heavy atom. The van der Waals surface area contributed by atoms with Crippen molar-refractivity contribution in [2.45, 2.75) is 26.3 Å². The van der Waals surface area contributed by atoms with Gasteiger partial charge in [-0.2, -0.15) is 0 Å². The van der Waals surface area contributed by atoms with Gasteiger partial charge >= 0.3 is 0 Å². The van der Waals surface area contributed by atoms with Crippen LogP contribution in [0.4, 0.5) is 0 Å². The lowest BCUT2D eigenvalue weighted by atomic mass is 10.2. The standard InChI is InChI=1S/C18H17N3O/c1-2-3-12-20-15-10-6-7-11-16(15)21-17(22)13-8-4-5-9-14(13)19-18(20)21/h4-11H,2-3,12H2,1H3. The number of unbranched alkanes of at least 4 members (excludes halogenated alkanes) is 1. The number of imidazole rings is 1. The van der Waals surface area contributed by atoms with E-state index in [2.05, 4.69) is 17.6 Å². The highest BCUT2D eigenvalue weighted by Gasteiger charge is 2.14. The first kappa shape index (κ1) is 13.1. The maximum atomic E-state index is 12.9. The zero-order valence-electron chi connectivity index (χ0n) is 12.5. The SMILES string of the molecule is CCCCn1c2ccccc2n2c(=O)c3ccccc3nc12. The molecule has 4 aromatic rings. The highest BCUT2D eigenvalue weighted by molar-refractivity contribution is 5.85. The Kier molecular flexibility index (Phi) is 2.96. The summed E-state index contributed by atoms with van der Waals surface area (Å²) in [6.07, 6.45) is 2.17. The third-order valence-electron chi connectivity index (χ3n) is 4.15. The average molecular weight is 291 g/mol. The monoisotopic (exact) mass is 291 g/mol. The Bertz CT molecular complexity index is 1040. The maximum Gasteiger partial charge on any atom is 0.267 e. The molecular weight excluding hydrogens is 274 g/mol. The molecule has 0 fully saturated rings. The van der Waals surface area contributed by atoms with Crippen molar-refractivity contribution in [3.8, 4) is 0 Å². The summed E-state index contributed by atoms with van der Waals surface area (Å²) in [5, 5.41) is 0.665. The molecule has 22 heavy (non-hydrogen) atoms. The van der Waals surface area contributed by atoms with Crippen LogP contribution < -0.4 is 5.56 Å². The molecule has 0 bridgehead atoms. The van der Waals surface area contributed by atoms with E-state index in [0.717, 1.165) is 41.7 Å². The van der Waals surface area contributed by atoms with Crippen LogP contribution in [0.15, 0.2) is 53.3 Å². The van der Waals surface area contributed by atoms with Crippen molar-refractivity contribution in [3.05, 3.63) is 58.9 Å². The molecule has 110 valence electrons. The summed E-state index contributed by atoms with van der Waals surface area (Å²) in [6.45, 7) is 3.04. The largest absolute Gasteiger partial charge is 0.310 e. The van der Waals surface area contributed by atoms with E-state index < -0.39 is 0 Å². The minimum Gasteiger partial charge on any atom is -0.310 e. The van der Waals surface area contributed by atoms with Gasteiger partial charge < -0.3 is 4.57 Å². The van der Waals surface area contributed by atoms with Crippen LogP contribution in [-0.2, 0) is 6.54 Å². The van der Waals surface area contributed by atoms with Gasteiger partial charge in [0.05, 0.1) is 21.9 Å². The summed E-state index contributed by atoms with van der Waals surface area (Å²) in [6, 6.07) is 15.6. The smallest absolute Gasteiger partial charge is 0.267 e. The fourth-order valence-corrected chi connectivity index (χ4v) is 3.05. The molecule has 0 N–H and O–H groups in total. The molecular formula is C18H17N3O. The van der Waals surface area contributed by atoms with Crippen molar-refractivity contribution in [2.75, 3.05) is 0 Å². The topological polar surface area (TPSA) is 39.3 Å². The first-order valence-corrected chi connectivity index (χ1v) is 7.70. The Hall–Kier alpha value is -2.62. The number of hydrogen-bond donors (Lipinski definition) is 0. The van der Waals surface area contributed by atoms with Crippen molar-refractivity contribution in [2.24, 2.45) is 0 Å². The first-order valence-electron chi connectivity index (χ1n) is 7.70. The molecule has 0 radical (unpaired) electrons. The zero-order chi connectivity index (χ0) is 15.1. The van der Waals surface area contributed by atoms with E-state index in [1.807, 2.05) is 42.5 Å². The second-order valence-electron chi connectivity index (χ2n) is 5.56. The summed E-state index contributed by atoms with van der Waals surface area (Å²) in [5.41, 5.74) is 2.76. The van der Waals surface area contributed by atoms with E-state index in [0.29, 0.717) is 5.39 Å². The molecule has 2 aromatic carbocycles. The van der Waals surface area contributed by atoms with Gasteiger partial charge in [-0.05, 0) is 30.7 Å². The first-order chi connectivity index (χ1) is 10.8. The van der Waals surface area contributed by atoms with E-state index in [4.69, 9.17) is 4.98 Å². The summed E-state index contributed by atoms with van der Waals surface area (Å²) < 4.78 is 3.90. The van der Waals surface area contributed by atoms with Crippen LogP contribution in [0, 0.1) is 0 Å². The minimum absolute atomic E-state index is 0.00653. The van der Waals surface area contributed by atoms with Crippen molar-refractivity contribution >= 4 is 27.7 Å². The molecule has 0 amide bonds. The van der Waals surface area contributed by atoms with E-state index >= 15 is 0 Å². The second kappa shape index (κ2) is 4.98. The second-order valence-corrected chi connectivity index (χ2v) is 5.56. The van der Waals surface area contributed by atoms with Gasteiger partial charge in [0.15, 0.2) is 0 Å². The predicted molar refractivity (Wildman–Crippen MR) is 89.4 cm³/mol.